The minimum Gasteiger partial charge on any atom is -0.354 e. The van der Waals surface area contributed by atoms with Crippen molar-refractivity contribution in [3.63, 3.8) is 0 Å². The number of sulfonamides is 1. The lowest BCUT2D eigenvalue weighted by Gasteiger charge is -2.40. The maximum absolute atomic E-state index is 13.4. The van der Waals surface area contributed by atoms with Crippen molar-refractivity contribution < 1.29 is 27.2 Å². The topological polar surface area (TPSA) is 128 Å². The molecule has 4 amide bonds. The lowest BCUT2D eigenvalue weighted by molar-refractivity contribution is -0.132. The van der Waals surface area contributed by atoms with Gasteiger partial charge in [0.25, 0.3) is 0 Å². The molecular formula is C23H26FN5O5S. The Morgan fingerprint density at radius 3 is 2.43 bits per heavy atom. The van der Waals surface area contributed by atoms with E-state index in [-0.39, 0.29) is 30.4 Å². The molecular weight excluding hydrogens is 477 g/mol. The number of carbonyl (C=O) groups excluding carboxylic acids is 3. The molecule has 2 aromatic carbocycles. The summed E-state index contributed by atoms with van der Waals surface area (Å²) < 4.78 is 41.1. The summed E-state index contributed by atoms with van der Waals surface area (Å²) in [4.78, 5) is 39.5. The zero-order chi connectivity index (χ0) is 25.0. The number of para-hydroxylation sites is 1. The number of hydrogen-bond donors (Lipinski definition) is 3. The van der Waals surface area contributed by atoms with Gasteiger partial charge in [-0.3, -0.25) is 9.59 Å². The maximum Gasteiger partial charge on any atom is 0.321 e. The molecule has 0 radical (unpaired) electrons. The molecule has 12 heteroatoms. The number of carbonyl (C=O) groups is 3. The van der Waals surface area contributed by atoms with E-state index in [1.165, 1.54) is 4.90 Å². The van der Waals surface area contributed by atoms with Crippen molar-refractivity contribution in [3.05, 3.63) is 60.4 Å². The zero-order valence-electron chi connectivity index (χ0n) is 18.8. The minimum atomic E-state index is -4.19. The molecule has 2 saturated heterocycles. The van der Waals surface area contributed by atoms with Crippen molar-refractivity contribution in [3.8, 4) is 0 Å². The van der Waals surface area contributed by atoms with E-state index in [1.807, 2.05) is 0 Å². The van der Waals surface area contributed by atoms with E-state index >= 15 is 0 Å². The van der Waals surface area contributed by atoms with E-state index in [4.69, 9.17) is 0 Å². The maximum atomic E-state index is 13.4. The molecule has 2 aliphatic rings. The second-order valence-electron chi connectivity index (χ2n) is 8.32. The van der Waals surface area contributed by atoms with E-state index < -0.39 is 39.9 Å². The quantitative estimate of drug-likeness (QED) is 0.564. The number of benzene rings is 2. The molecule has 4 rings (SSSR count). The number of piperazine rings is 1. The van der Waals surface area contributed by atoms with Crippen LogP contribution in [-0.4, -0.2) is 73.7 Å². The average Bonchev–Trinajstić information content (AvgIpc) is 2.86. The van der Waals surface area contributed by atoms with Crippen LogP contribution in [0.4, 0.5) is 14.9 Å². The highest BCUT2D eigenvalue weighted by molar-refractivity contribution is 7.89. The molecule has 2 aliphatic heterocycles. The first-order chi connectivity index (χ1) is 16.8. The monoisotopic (exact) mass is 503 g/mol. The van der Waals surface area contributed by atoms with E-state index in [0.717, 1.165) is 28.6 Å². The first-order valence-corrected chi connectivity index (χ1v) is 12.7. The van der Waals surface area contributed by atoms with E-state index in [0.29, 0.717) is 25.1 Å². The summed E-state index contributed by atoms with van der Waals surface area (Å²) in [6, 6.07) is 10.5. The number of piperidine rings is 1. The third-order valence-electron chi connectivity index (χ3n) is 5.97. The second kappa shape index (κ2) is 10.4. The molecule has 3 N–H and O–H groups in total. The van der Waals surface area contributed by atoms with Gasteiger partial charge in [0.2, 0.25) is 21.8 Å². The summed E-state index contributed by atoms with van der Waals surface area (Å²) in [7, 11) is -4.19. The van der Waals surface area contributed by atoms with Crippen LogP contribution in [0.25, 0.3) is 0 Å². The summed E-state index contributed by atoms with van der Waals surface area (Å²) in [6.45, 7) is 0.163. The SMILES string of the molecule is O=C(N[C@@H]1CCCNC1=O)[C@H]1CN(C(=O)Nc2ccccc2)CCN1S(=O)(=O)c1ccc(F)cc1. The van der Waals surface area contributed by atoms with Crippen molar-refractivity contribution in [2.75, 3.05) is 31.5 Å². The van der Waals surface area contributed by atoms with Crippen LogP contribution in [0.1, 0.15) is 12.8 Å². The van der Waals surface area contributed by atoms with Crippen molar-refractivity contribution >= 4 is 33.6 Å². The van der Waals surface area contributed by atoms with E-state index in [2.05, 4.69) is 16.0 Å². The Kier molecular flexibility index (Phi) is 7.31. The number of urea groups is 1. The number of amides is 4. The fourth-order valence-electron chi connectivity index (χ4n) is 4.10. The lowest BCUT2D eigenvalue weighted by Crippen LogP contribution is -2.63. The molecule has 35 heavy (non-hydrogen) atoms. The van der Waals surface area contributed by atoms with Gasteiger partial charge in [0.1, 0.15) is 17.9 Å². The third kappa shape index (κ3) is 5.60. The number of anilines is 1. The summed E-state index contributed by atoms with van der Waals surface area (Å²) in [5, 5.41) is 8.04. The summed E-state index contributed by atoms with van der Waals surface area (Å²) in [5.41, 5.74) is 0.554. The Hall–Kier alpha value is -3.51. The van der Waals surface area contributed by atoms with Gasteiger partial charge in [0, 0.05) is 31.9 Å². The molecule has 0 spiro atoms. The number of halogens is 1. The first-order valence-electron chi connectivity index (χ1n) is 11.2. The molecule has 10 nitrogen and oxygen atoms in total. The Bertz CT molecular complexity index is 1190. The molecule has 0 bridgehead atoms. The highest BCUT2D eigenvalue weighted by atomic mass is 32.2. The average molecular weight is 504 g/mol. The van der Waals surface area contributed by atoms with Crippen molar-refractivity contribution in [1.29, 1.82) is 0 Å². The van der Waals surface area contributed by atoms with E-state index in [9.17, 15) is 27.2 Å². The Morgan fingerprint density at radius 1 is 1.03 bits per heavy atom. The predicted molar refractivity (Wildman–Crippen MR) is 125 cm³/mol. The van der Waals surface area contributed by atoms with Crippen molar-refractivity contribution in [2.45, 2.75) is 29.8 Å². The van der Waals surface area contributed by atoms with Crippen LogP contribution in [0, 0.1) is 5.82 Å². The molecule has 2 aromatic rings. The largest absolute Gasteiger partial charge is 0.354 e. The number of nitrogens with one attached hydrogen (secondary N) is 3. The van der Waals surface area contributed by atoms with Crippen LogP contribution >= 0.6 is 0 Å². The molecule has 2 atom stereocenters. The molecule has 0 aromatic heterocycles. The predicted octanol–water partition coefficient (Wildman–Crippen LogP) is 1.13. The third-order valence-corrected chi connectivity index (χ3v) is 7.89. The second-order valence-corrected chi connectivity index (χ2v) is 10.2. The summed E-state index contributed by atoms with van der Waals surface area (Å²) in [5.74, 6) is -1.62. The smallest absolute Gasteiger partial charge is 0.321 e. The number of rotatable bonds is 5. The van der Waals surface area contributed by atoms with Gasteiger partial charge in [-0.05, 0) is 49.2 Å². The van der Waals surface area contributed by atoms with Crippen LogP contribution in [0.2, 0.25) is 0 Å². The van der Waals surface area contributed by atoms with Gasteiger partial charge in [-0.15, -0.1) is 0 Å². The van der Waals surface area contributed by atoms with Gasteiger partial charge in [-0.2, -0.15) is 4.31 Å². The number of nitrogens with zero attached hydrogens (tertiary/aromatic N) is 2. The molecule has 2 fully saturated rings. The molecule has 0 unspecified atom stereocenters. The van der Waals surface area contributed by atoms with Gasteiger partial charge in [-0.1, -0.05) is 18.2 Å². The highest BCUT2D eigenvalue weighted by Crippen LogP contribution is 2.23. The minimum absolute atomic E-state index is 0.0345. The van der Waals surface area contributed by atoms with Crippen LogP contribution in [-0.2, 0) is 19.6 Å². The standard InChI is InChI=1S/C23H26FN5O5S/c24-16-8-10-18(11-9-16)35(33,34)29-14-13-28(23(32)26-17-5-2-1-3-6-17)15-20(29)22(31)27-19-7-4-12-25-21(19)30/h1-3,5-6,8-11,19-20H,4,7,12-15H2,(H,25,30)(H,26,32)(H,27,31)/t19-,20-/m1/s1. The van der Waals surface area contributed by atoms with Crippen LogP contribution in [0.5, 0.6) is 0 Å². The van der Waals surface area contributed by atoms with Crippen molar-refractivity contribution in [1.82, 2.24) is 19.8 Å². The first kappa shape index (κ1) is 24.6. The van der Waals surface area contributed by atoms with Gasteiger partial charge in [0.05, 0.1) is 4.90 Å². The molecule has 186 valence electrons. The Balaban J connectivity index is 1.57. The summed E-state index contributed by atoms with van der Waals surface area (Å²) in [6.07, 6.45) is 1.10. The van der Waals surface area contributed by atoms with Gasteiger partial charge in [0.15, 0.2) is 0 Å². The Morgan fingerprint density at radius 2 is 1.74 bits per heavy atom. The van der Waals surface area contributed by atoms with Gasteiger partial charge >= 0.3 is 6.03 Å². The highest BCUT2D eigenvalue weighted by Gasteiger charge is 2.42. The number of hydrogen-bond acceptors (Lipinski definition) is 5. The fourth-order valence-corrected chi connectivity index (χ4v) is 5.67. The molecule has 0 aliphatic carbocycles. The Labute approximate surface area is 202 Å². The summed E-state index contributed by atoms with van der Waals surface area (Å²) >= 11 is 0. The van der Waals surface area contributed by atoms with Crippen molar-refractivity contribution in [2.24, 2.45) is 0 Å². The van der Waals surface area contributed by atoms with Crippen LogP contribution in [0.15, 0.2) is 59.5 Å². The lowest BCUT2D eigenvalue weighted by atomic mass is 10.1. The van der Waals surface area contributed by atoms with E-state index in [1.54, 1.807) is 30.3 Å². The molecule has 2 heterocycles. The van der Waals surface area contributed by atoms with Crippen LogP contribution in [0.3, 0.4) is 0 Å². The van der Waals surface area contributed by atoms with Gasteiger partial charge < -0.3 is 20.9 Å². The van der Waals surface area contributed by atoms with Gasteiger partial charge in [-0.25, -0.2) is 17.6 Å². The zero-order valence-corrected chi connectivity index (χ0v) is 19.6. The normalized spacial score (nSPS) is 21.2. The molecule has 0 saturated carbocycles. The fraction of sp³-hybridized carbons (Fsp3) is 0.348. The van der Waals surface area contributed by atoms with Crippen LogP contribution < -0.4 is 16.0 Å².